The molecule has 0 aliphatic heterocycles. The van der Waals surface area contributed by atoms with Gasteiger partial charge in [0.05, 0.1) is 5.60 Å². The Morgan fingerprint density at radius 1 is 1.19 bits per heavy atom. The lowest BCUT2D eigenvalue weighted by atomic mass is 10.00. The molecule has 1 atom stereocenters. The summed E-state index contributed by atoms with van der Waals surface area (Å²) in [5.41, 5.74) is 1.87. The Morgan fingerprint density at radius 3 is 2.38 bits per heavy atom. The molecule has 0 aliphatic rings. The maximum atomic E-state index is 10.2. The number of para-hydroxylation sites is 1. The van der Waals surface area contributed by atoms with Crippen molar-refractivity contribution in [2.24, 2.45) is 0 Å². The Bertz CT molecular complexity index is 412. The molecule has 1 aromatic rings. The lowest BCUT2D eigenvalue weighted by Crippen LogP contribution is -2.39. The molecule has 1 unspecified atom stereocenters. The van der Waals surface area contributed by atoms with E-state index in [2.05, 4.69) is 55.3 Å². The van der Waals surface area contributed by atoms with Gasteiger partial charge in [-0.2, -0.15) is 0 Å². The first-order chi connectivity index (χ1) is 9.92. The van der Waals surface area contributed by atoms with Crippen molar-refractivity contribution in [3.8, 4) is 0 Å². The van der Waals surface area contributed by atoms with Crippen LogP contribution in [0, 0.1) is 0 Å². The van der Waals surface area contributed by atoms with E-state index in [0.29, 0.717) is 12.6 Å². The van der Waals surface area contributed by atoms with Gasteiger partial charge in [-0.3, -0.25) is 0 Å². The van der Waals surface area contributed by atoms with Crippen LogP contribution in [0.3, 0.4) is 0 Å². The summed E-state index contributed by atoms with van der Waals surface area (Å²) in [6.07, 6.45) is 2.21. The first-order valence-corrected chi connectivity index (χ1v) is 8.22. The average molecular weight is 292 g/mol. The Kier molecular flexibility index (Phi) is 7.20. The van der Waals surface area contributed by atoms with E-state index in [1.807, 2.05) is 13.8 Å². The Labute approximate surface area is 130 Å². The minimum Gasteiger partial charge on any atom is -0.389 e. The second-order valence-corrected chi connectivity index (χ2v) is 6.30. The van der Waals surface area contributed by atoms with Gasteiger partial charge in [0.15, 0.2) is 0 Å². The van der Waals surface area contributed by atoms with Crippen molar-refractivity contribution >= 4 is 5.69 Å². The molecule has 1 rings (SSSR count). The summed E-state index contributed by atoms with van der Waals surface area (Å²) in [5, 5.41) is 13.8. The molecule has 120 valence electrons. The van der Waals surface area contributed by atoms with Gasteiger partial charge in [0.2, 0.25) is 0 Å². The molecule has 3 heteroatoms. The smallest absolute Gasteiger partial charge is 0.0765 e. The molecule has 0 saturated heterocycles. The van der Waals surface area contributed by atoms with Gasteiger partial charge in [0.25, 0.3) is 0 Å². The van der Waals surface area contributed by atoms with Gasteiger partial charge >= 0.3 is 0 Å². The normalized spacial score (nSPS) is 13.2. The molecule has 0 spiro atoms. The van der Waals surface area contributed by atoms with Crippen molar-refractivity contribution in [2.75, 3.05) is 24.5 Å². The maximum Gasteiger partial charge on any atom is 0.0765 e. The van der Waals surface area contributed by atoms with Crippen LogP contribution in [0.15, 0.2) is 24.3 Å². The van der Waals surface area contributed by atoms with Crippen LogP contribution in [0.1, 0.15) is 59.1 Å². The summed E-state index contributed by atoms with van der Waals surface area (Å²) < 4.78 is 0. The fourth-order valence-corrected chi connectivity index (χ4v) is 2.70. The molecule has 3 nitrogen and oxygen atoms in total. The zero-order valence-corrected chi connectivity index (χ0v) is 14.3. The average Bonchev–Trinajstić information content (AvgIpc) is 2.45. The van der Waals surface area contributed by atoms with Crippen molar-refractivity contribution in [2.45, 2.75) is 59.1 Å². The number of nitrogens with zero attached hydrogens (tertiary/aromatic N) is 1. The molecular formula is C18H32N2O. The van der Waals surface area contributed by atoms with E-state index in [4.69, 9.17) is 0 Å². The molecular weight excluding hydrogens is 260 g/mol. The Balaban J connectivity index is 3.05. The number of hydrogen-bond acceptors (Lipinski definition) is 3. The molecule has 0 radical (unpaired) electrons. The van der Waals surface area contributed by atoms with E-state index in [-0.39, 0.29) is 0 Å². The largest absolute Gasteiger partial charge is 0.389 e. The van der Waals surface area contributed by atoms with Crippen LogP contribution in [-0.2, 0) is 0 Å². The van der Waals surface area contributed by atoms with Gasteiger partial charge in [0, 0.05) is 24.8 Å². The van der Waals surface area contributed by atoms with Crippen LogP contribution >= 0.6 is 0 Å². The third-order valence-electron chi connectivity index (χ3n) is 3.66. The molecule has 0 amide bonds. The zero-order chi connectivity index (χ0) is 15.9. The zero-order valence-electron chi connectivity index (χ0n) is 14.3. The van der Waals surface area contributed by atoms with E-state index in [9.17, 15) is 5.11 Å². The summed E-state index contributed by atoms with van der Waals surface area (Å²) in [6, 6.07) is 8.93. The number of rotatable bonds is 9. The monoisotopic (exact) mass is 292 g/mol. The SMILES string of the molecule is CCCNC(CC)c1ccccc1N(CC)CC(C)(C)O. The molecule has 21 heavy (non-hydrogen) atoms. The highest BCUT2D eigenvalue weighted by molar-refractivity contribution is 5.55. The van der Waals surface area contributed by atoms with Crippen LogP contribution in [0.5, 0.6) is 0 Å². The minimum absolute atomic E-state index is 0.372. The van der Waals surface area contributed by atoms with E-state index >= 15 is 0 Å². The lowest BCUT2D eigenvalue weighted by Gasteiger charge is -2.33. The predicted octanol–water partition coefficient (Wildman–Crippen LogP) is 3.73. The van der Waals surface area contributed by atoms with Gasteiger partial charge in [-0.05, 0) is 51.8 Å². The minimum atomic E-state index is -0.693. The van der Waals surface area contributed by atoms with Gasteiger partial charge in [-0.15, -0.1) is 0 Å². The highest BCUT2D eigenvalue weighted by atomic mass is 16.3. The van der Waals surface area contributed by atoms with Crippen molar-refractivity contribution in [1.82, 2.24) is 5.32 Å². The van der Waals surface area contributed by atoms with Crippen LogP contribution in [-0.4, -0.2) is 30.3 Å². The molecule has 0 fully saturated rings. The quantitative estimate of drug-likeness (QED) is 0.728. The number of hydrogen-bond donors (Lipinski definition) is 2. The van der Waals surface area contributed by atoms with Gasteiger partial charge in [-0.25, -0.2) is 0 Å². The molecule has 0 saturated carbocycles. The second kappa shape index (κ2) is 8.40. The summed E-state index contributed by atoms with van der Waals surface area (Å²) in [7, 11) is 0. The number of anilines is 1. The Morgan fingerprint density at radius 2 is 1.86 bits per heavy atom. The highest BCUT2D eigenvalue weighted by Gasteiger charge is 2.21. The fraction of sp³-hybridized carbons (Fsp3) is 0.667. The maximum absolute atomic E-state index is 10.2. The number of aliphatic hydroxyl groups is 1. The predicted molar refractivity (Wildman–Crippen MR) is 92.0 cm³/mol. The molecule has 0 heterocycles. The lowest BCUT2D eigenvalue weighted by molar-refractivity contribution is 0.0875. The van der Waals surface area contributed by atoms with Crippen LogP contribution in [0.4, 0.5) is 5.69 Å². The van der Waals surface area contributed by atoms with Gasteiger partial charge in [0.1, 0.15) is 0 Å². The molecule has 0 aromatic heterocycles. The van der Waals surface area contributed by atoms with Crippen molar-refractivity contribution < 1.29 is 5.11 Å². The van der Waals surface area contributed by atoms with Crippen molar-refractivity contribution in [1.29, 1.82) is 0 Å². The number of likely N-dealkylation sites (N-methyl/N-ethyl adjacent to an activating group) is 1. The van der Waals surface area contributed by atoms with E-state index in [1.165, 1.54) is 11.3 Å². The van der Waals surface area contributed by atoms with Crippen LogP contribution in [0.25, 0.3) is 0 Å². The Hall–Kier alpha value is -1.06. The van der Waals surface area contributed by atoms with Gasteiger partial charge < -0.3 is 15.3 Å². The fourth-order valence-electron chi connectivity index (χ4n) is 2.70. The summed E-state index contributed by atoms with van der Waals surface area (Å²) in [5.74, 6) is 0. The standard InChI is InChI=1S/C18H32N2O/c1-6-13-19-16(7-2)15-11-9-10-12-17(15)20(8-3)14-18(4,5)21/h9-12,16,19,21H,6-8,13-14H2,1-5H3. The van der Waals surface area contributed by atoms with Crippen LogP contribution in [0.2, 0.25) is 0 Å². The molecule has 0 aliphatic carbocycles. The van der Waals surface area contributed by atoms with E-state index in [0.717, 1.165) is 25.9 Å². The topological polar surface area (TPSA) is 35.5 Å². The summed E-state index contributed by atoms with van der Waals surface area (Å²) in [4.78, 5) is 2.27. The van der Waals surface area contributed by atoms with Crippen molar-refractivity contribution in [3.63, 3.8) is 0 Å². The first kappa shape index (κ1) is 18.0. The first-order valence-electron chi connectivity index (χ1n) is 8.22. The second-order valence-electron chi connectivity index (χ2n) is 6.30. The molecule has 1 aromatic carbocycles. The van der Waals surface area contributed by atoms with E-state index in [1.54, 1.807) is 0 Å². The summed E-state index contributed by atoms with van der Waals surface area (Å²) >= 11 is 0. The third kappa shape index (κ3) is 5.68. The van der Waals surface area contributed by atoms with E-state index < -0.39 is 5.60 Å². The molecule has 0 bridgehead atoms. The van der Waals surface area contributed by atoms with Gasteiger partial charge in [-0.1, -0.05) is 32.0 Å². The number of nitrogens with one attached hydrogen (secondary N) is 1. The molecule has 2 N–H and O–H groups in total. The van der Waals surface area contributed by atoms with Crippen LogP contribution < -0.4 is 10.2 Å². The van der Waals surface area contributed by atoms with Crippen molar-refractivity contribution in [3.05, 3.63) is 29.8 Å². The summed E-state index contributed by atoms with van der Waals surface area (Å²) in [6.45, 7) is 12.9. The third-order valence-corrected chi connectivity index (χ3v) is 3.66. The number of benzene rings is 1. The highest BCUT2D eigenvalue weighted by Crippen LogP contribution is 2.29.